The summed E-state index contributed by atoms with van der Waals surface area (Å²) in [6, 6.07) is 15.9. The summed E-state index contributed by atoms with van der Waals surface area (Å²) in [5.74, 6) is 0.312. The summed E-state index contributed by atoms with van der Waals surface area (Å²) >= 11 is 0. The van der Waals surface area contributed by atoms with Crippen molar-refractivity contribution in [3.05, 3.63) is 70.8 Å². The molecule has 0 bridgehead atoms. The van der Waals surface area contributed by atoms with Crippen molar-refractivity contribution in [2.75, 3.05) is 6.54 Å². The van der Waals surface area contributed by atoms with Crippen molar-refractivity contribution in [3.63, 3.8) is 0 Å². The van der Waals surface area contributed by atoms with Crippen LogP contribution >= 0.6 is 0 Å². The van der Waals surface area contributed by atoms with Crippen LogP contribution < -0.4 is 10.6 Å². The van der Waals surface area contributed by atoms with E-state index in [-0.39, 0.29) is 30.3 Å². The Morgan fingerprint density at radius 1 is 1.04 bits per heavy atom. The average Bonchev–Trinajstić information content (AvgIpc) is 3.37. The molecular weight excluding hydrogens is 324 g/mol. The van der Waals surface area contributed by atoms with Crippen LogP contribution in [0.2, 0.25) is 0 Å². The third kappa shape index (κ3) is 4.31. The molecule has 1 saturated carbocycles. The van der Waals surface area contributed by atoms with Crippen LogP contribution in [0.5, 0.6) is 0 Å². The molecule has 0 aliphatic heterocycles. The zero-order chi connectivity index (χ0) is 18.7. The second-order valence-corrected chi connectivity index (χ2v) is 7.29. The molecule has 3 unspecified atom stereocenters. The van der Waals surface area contributed by atoms with Crippen molar-refractivity contribution in [1.82, 2.24) is 10.6 Å². The number of carbonyl (C=O) groups is 2. The van der Waals surface area contributed by atoms with Gasteiger partial charge in [0.25, 0.3) is 0 Å². The van der Waals surface area contributed by atoms with Crippen molar-refractivity contribution < 1.29 is 9.59 Å². The first-order valence-electron chi connectivity index (χ1n) is 9.15. The molecule has 0 aromatic heterocycles. The molecule has 136 valence electrons. The molecular formula is C22H26N2O2. The van der Waals surface area contributed by atoms with Crippen LogP contribution in [0.25, 0.3) is 0 Å². The zero-order valence-corrected chi connectivity index (χ0v) is 15.6. The summed E-state index contributed by atoms with van der Waals surface area (Å²) in [5, 5.41) is 5.82. The van der Waals surface area contributed by atoms with Crippen molar-refractivity contribution in [3.8, 4) is 0 Å². The molecule has 0 radical (unpaired) electrons. The fraction of sp³-hybridized carbons (Fsp3) is 0.364. The van der Waals surface area contributed by atoms with Crippen molar-refractivity contribution >= 4 is 11.8 Å². The average molecular weight is 350 g/mol. The van der Waals surface area contributed by atoms with E-state index in [2.05, 4.69) is 43.5 Å². The predicted molar refractivity (Wildman–Crippen MR) is 103 cm³/mol. The first kappa shape index (κ1) is 18.2. The van der Waals surface area contributed by atoms with Gasteiger partial charge in [-0.1, -0.05) is 55.5 Å². The molecule has 4 heteroatoms. The van der Waals surface area contributed by atoms with Crippen LogP contribution in [-0.2, 0) is 9.59 Å². The third-order valence-corrected chi connectivity index (χ3v) is 5.17. The number of rotatable bonds is 6. The summed E-state index contributed by atoms with van der Waals surface area (Å²) in [4.78, 5) is 24.4. The van der Waals surface area contributed by atoms with E-state index in [1.807, 2.05) is 36.4 Å². The first-order valence-corrected chi connectivity index (χ1v) is 9.15. The van der Waals surface area contributed by atoms with Crippen LogP contribution in [0, 0.1) is 25.7 Å². The van der Waals surface area contributed by atoms with E-state index in [0.717, 1.165) is 17.5 Å². The van der Waals surface area contributed by atoms with Gasteiger partial charge < -0.3 is 10.6 Å². The van der Waals surface area contributed by atoms with Crippen molar-refractivity contribution in [2.24, 2.45) is 11.8 Å². The Hall–Kier alpha value is -2.62. The highest BCUT2D eigenvalue weighted by atomic mass is 16.2. The number of carbonyl (C=O) groups excluding carboxylic acids is 2. The summed E-state index contributed by atoms with van der Waals surface area (Å²) in [7, 11) is 0. The molecule has 2 aromatic rings. The van der Waals surface area contributed by atoms with Gasteiger partial charge >= 0.3 is 0 Å². The highest BCUT2D eigenvalue weighted by Crippen LogP contribution is 2.37. The second-order valence-electron chi connectivity index (χ2n) is 7.29. The lowest BCUT2D eigenvalue weighted by molar-refractivity contribution is -0.127. The number of nitrogens with one attached hydrogen (secondary N) is 2. The minimum absolute atomic E-state index is 0.0101. The fourth-order valence-electron chi connectivity index (χ4n) is 3.15. The van der Waals surface area contributed by atoms with E-state index in [0.29, 0.717) is 5.92 Å². The minimum Gasteiger partial charge on any atom is -0.347 e. The normalized spacial score (nSPS) is 19.5. The Labute approximate surface area is 155 Å². The van der Waals surface area contributed by atoms with Crippen LogP contribution in [0.15, 0.2) is 48.5 Å². The monoisotopic (exact) mass is 350 g/mol. The van der Waals surface area contributed by atoms with Crippen LogP contribution in [-0.4, -0.2) is 18.4 Å². The van der Waals surface area contributed by atoms with Crippen LogP contribution in [0.4, 0.5) is 0 Å². The minimum atomic E-state index is -0.236. The highest BCUT2D eigenvalue weighted by Gasteiger charge is 2.39. The highest BCUT2D eigenvalue weighted by molar-refractivity contribution is 5.87. The van der Waals surface area contributed by atoms with Gasteiger partial charge in [0.15, 0.2) is 0 Å². The van der Waals surface area contributed by atoms with Gasteiger partial charge in [-0.05, 0) is 48.4 Å². The van der Waals surface area contributed by atoms with E-state index in [9.17, 15) is 9.59 Å². The molecule has 1 fully saturated rings. The third-order valence-electron chi connectivity index (χ3n) is 5.17. The van der Waals surface area contributed by atoms with E-state index in [4.69, 9.17) is 0 Å². The van der Waals surface area contributed by atoms with Crippen molar-refractivity contribution in [2.45, 2.75) is 33.2 Å². The largest absolute Gasteiger partial charge is 0.347 e. The lowest BCUT2D eigenvalue weighted by Gasteiger charge is -2.21. The summed E-state index contributed by atoms with van der Waals surface area (Å²) in [5.41, 5.74) is 4.47. The molecule has 2 N–H and O–H groups in total. The van der Waals surface area contributed by atoms with Gasteiger partial charge in [0, 0.05) is 5.92 Å². The molecule has 0 heterocycles. The molecule has 0 saturated heterocycles. The molecule has 4 nitrogen and oxygen atoms in total. The first-order chi connectivity index (χ1) is 12.5. The van der Waals surface area contributed by atoms with Gasteiger partial charge in [-0.3, -0.25) is 9.59 Å². The van der Waals surface area contributed by atoms with E-state index < -0.39 is 0 Å². The lowest BCUT2D eigenvalue weighted by atomic mass is 9.95. The quantitative estimate of drug-likeness (QED) is 0.840. The number of benzene rings is 2. The van der Waals surface area contributed by atoms with Crippen LogP contribution in [0.3, 0.4) is 0 Å². The van der Waals surface area contributed by atoms with Crippen molar-refractivity contribution in [1.29, 1.82) is 0 Å². The smallest absolute Gasteiger partial charge is 0.240 e. The predicted octanol–water partition coefficient (Wildman–Crippen LogP) is 3.28. The Morgan fingerprint density at radius 2 is 1.73 bits per heavy atom. The maximum Gasteiger partial charge on any atom is 0.240 e. The maximum absolute atomic E-state index is 12.5. The number of hydrogen-bond donors (Lipinski definition) is 2. The number of amides is 2. The van der Waals surface area contributed by atoms with E-state index in [1.54, 1.807) is 0 Å². The Bertz CT molecular complexity index is 801. The summed E-state index contributed by atoms with van der Waals surface area (Å²) < 4.78 is 0. The van der Waals surface area contributed by atoms with Gasteiger partial charge in [0.1, 0.15) is 0 Å². The topological polar surface area (TPSA) is 58.2 Å². The van der Waals surface area contributed by atoms with E-state index >= 15 is 0 Å². The molecule has 2 amide bonds. The second kappa shape index (κ2) is 7.73. The van der Waals surface area contributed by atoms with Gasteiger partial charge in [0.05, 0.1) is 12.6 Å². The Kier molecular flexibility index (Phi) is 5.40. The fourth-order valence-corrected chi connectivity index (χ4v) is 3.15. The van der Waals surface area contributed by atoms with Gasteiger partial charge in [0.2, 0.25) is 11.8 Å². The summed E-state index contributed by atoms with van der Waals surface area (Å²) in [6.45, 7) is 6.20. The number of aryl methyl sites for hydroxylation is 2. The Morgan fingerprint density at radius 3 is 2.35 bits per heavy atom. The molecule has 2 aromatic carbocycles. The standard InChI is InChI=1S/C22H26N2O2/c1-14-9-10-18(11-15(14)2)21(17-7-5-4-6-8-17)24-20(25)13-23-22(26)19-12-16(19)3/h4-11,16,19,21H,12-13H2,1-3H3,(H,23,26)(H,24,25). The molecule has 1 aliphatic carbocycles. The zero-order valence-electron chi connectivity index (χ0n) is 15.6. The molecule has 3 atom stereocenters. The van der Waals surface area contributed by atoms with Gasteiger partial charge in [-0.2, -0.15) is 0 Å². The van der Waals surface area contributed by atoms with Gasteiger partial charge in [-0.15, -0.1) is 0 Å². The number of hydrogen-bond acceptors (Lipinski definition) is 2. The lowest BCUT2D eigenvalue weighted by Crippen LogP contribution is -2.39. The molecule has 0 spiro atoms. The van der Waals surface area contributed by atoms with Crippen LogP contribution in [0.1, 0.15) is 41.6 Å². The van der Waals surface area contributed by atoms with Gasteiger partial charge in [-0.25, -0.2) is 0 Å². The Balaban J connectivity index is 1.72. The summed E-state index contributed by atoms with van der Waals surface area (Å²) in [6.07, 6.45) is 0.919. The molecule has 3 rings (SSSR count). The maximum atomic E-state index is 12.5. The SMILES string of the molecule is Cc1ccc(C(NC(=O)CNC(=O)C2CC2C)c2ccccc2)cc1C. The van der Waals surface area contributed by atoms with E-state index in [1.165, 1.54) is 11.1 Å². The molecule has 1 aliphatic rings. The molecule has 26 heavy (non-hydrogen) atoms.